The third-order valence-corrected chi connectivity index (χ3v) is 8.42. The van der Waals surface area contributed by atoms with E-state index in [4.69, 9.17) is 22.5 Å². The van der Waals surface area contributed by atoms with Gasteiger partial charge >= 0.3 is 0 Å². The molecular weight excluding hydrogens is 560 g/mol. The summed E-state index contributed by atoms with van der Waals surface area (Å²) in [5.74, 6) is 0.173. The van der Waals surface area contributed by atoms with Crippen LogP contribution in [0.2, 0.25) is 0 Å². The Hall–Kier alpha value is -6.12. The summed E-state index contributed by atoms with van der Waals surface area (Å²) in [6.45, 7) is 0. The van der Waals surface area contributed by atoms with E-state index in [0.717, 1.165) is 5.39 Å². The maximum absolute atomic E-state index is 9.62. The van der Waals surface area contributed by atoms with Crippen molar-refractivity contribution >= 4 is 65.2 Å². The van der Waals surface area contributed by atoms with Crippen LogP contribution in [0.25, 0.3) is 98.8 Å². The Morgan fingerprint density at radius 2 is 1.04 bits per heavy atom. The Kier molecular flexibility index (Phi) is 3.11. The second kappa shape index (κ2) is 9.69. The molecule has 2 nitrogen and oxygen atoms in total. The third kappa shape index (κ3) is 3.53. The van der Waals surface area contributed by atoms with Gasteiger partial charge in [-0.3, -0.25) is 0 Å². The van der Waals surface area contributed by atoms with Crippen LogP contribution in [0.3, 0.4) is 0 Å². The SMILES string of the molecule is [2H]c1c([2H])c([2H])c2c(-c3c4c([2H])c([2H])c([2H])c([2H])c4c(-c4c(-c5ccccc5)oc5ccc6c7ccccc7oc6c45)c4c([2H])c([2H])c([2H])c([2H])c34)c([2H])c([2H])c([2H])c2c1[2H]. The highest BCUT2D eigenvalue weighted by molar-refractivity contribution is 6.29. The van der Waals surface area contributed by atoms with Gasteiger partial charge in [-0.25, -0.2) is 0 Å². The second-order valence-corrected chi connectivity index (χ2v) is 10.8. The molecule has 0 atom stereocenters. The van der Waals surface area contributed by atoms with Crippen LogP contribution in [0.15, 0.2) is 166 Å². The summed E-state index contributed by atoms with van der Waals surface area (Å²) in [6, 6.07) is 8.99. The first-order chi connectivity index (χ1) is 29.1. The monoisotopic (exact) mass is 601 g/mol. The zero-order valence-electron chi connectivity index (χ0n) is 38.7. The van der Waals surface area contributed by atoms with Crippen molar-refractivity contribution in [1.29, 1.82) is 0 Å². The molecule has 0 N–H and O–H groups in total. The average molecular weight is 602 g/mol. The molecule has 0 aliphatic carbocycles. The summed E-state index contributed by atoms with van der Waals surface area (Å²) in [7, 11) is 0. The first-order valence-electron chi connectivity index (χ1n) is 22.0. The quantitative estimate of drug-likeness (QED) is 0.188. The Balaban J connectivity index is 1.59. The summed E-state index contributed by atoms with van der Waals surface area (Å²) < 4.78 is 149. The lowest BCUT2D eigenvalue weighted by Gasteiger charge is -2.19. The lowest BCUT2D eigenvalue weighted by atomic mass is 9.83. The largest absolute Gasteiger partial charge is 0.455 e. The first kappa shape index (κ1) is 14.8. The van der Waals surface area contributed by atoms with E-state index in [1.54, 1.807) is 48.5 Å². The molecule has 0 spiro atoms. The van der Waals surface area contributed by atoms with Crippen molar-refractivity contribution < 1.29 is 29.4 Å². The summed E-state index contributed by atoms with van der Waals surface area (Å²) in [6.07, 6.45) is 0. The molecule has 0 fully saturated rings. The van der Waals surface area contributed by atoms with E-state index in [9.17, 15) is 6.85 Å². The predicted octanol–water partition coefficient (Wildman–Crippen LogP) is 12.8. The van der Waals surface area contributed by atoms with Crippen molar-refractivity contribution in [2.45, 2.75) is 0 Å². The van der Waals surface area contributed by atoms with E-state index in [0.29, 0.717) is 27.5 Å². The maximum atomic E-state index is 9.62. The molecule has 0 saturated carbocycles. The molecule has 2 heterocycles. The number of hydrogen-bond acceptors (Lipinski definition) is 2. The Morgan fingerprint density at radius 1 is 0.413 bits per heavy atom. The van der Waals surface area contributed by atoms with Gasteiger partial charge in [-0.15, -0.1) is 0 Å². The average Bonchev–Trinajstić information content (AvgIpc) is 3.85. The lowest BCUT2D eigenvalue weighted by molar-refractivity contribution is 0.631. The van der Waals surface area contributed by atoms with E-state index in [1.165, 1.54) is 0 Å². The molecule has 214 valence electrons. The van der Waals surface area contributed by atoms with Crippen LogP contribution in [0.5, 0.6) is 0 Å². The molecule has 0 unspecified atom stereocenters. The minimum atomic E-state index is -0.779. The predicted molar refractivity (Wildman–Crippen MR) is 192 cm³/mol. The summed E-state index contributed by atoms with van der Waals surface area (Å²) in [4.78, 5) is 0. The van der Waals surface area contributed by atoms with Gasteiger partial charge in [0.05, 0.1) is 25.9 Å². The van der Waals surface area contributed by atoms with Gasteiger partial charge in [-0.2, -0.15) is 0 Å². The molecule has 0 bridgehead atoms. The standard InChI is InChI=1S/C44H26O2/c1-2-14-28(15-3-1)43-42(41-38(46-43)26-25-36-30-18-10-11-24-37(30)45-44(36)41)40-34-21-8-6-19-32(34)39(33-20-7-9-22-35(33)40)31-23-12-16-27-13-4-5-17-29(27)31/h1-26H/i4D,5D,6D,7D,8D,9D,12D,13D,16D,17D,19D,20D,21D,22D,23D. The van der Waals surface area contributed by atoms with Gasteiger partial charge in [0, 0.05) is 27.5 Å². The fourth-order valence-corrected chi connectivity index (χ4v) is 6.52. The van der Waals surface area contributed by atoms with Crippen molar-refractivity contribution in [1.82, 2.24) is 0 Å². The molecule has 0 aliphatic rings. The molecule has 0 amide bonds. The first-order valence-corrected chi connectivity index (χ1v) is 14.5. The topological polar surface area (TPSA) is 26.3 Å². The Morgan fingerprint density at radius 3 is 1.80 bits per heavy atom. The molecule has 46 heavy (non-hydrogen) atoms. The van der Waals surface area contributed by atoms with Crippen LogP contribution >= 0.6 is 0 Å². The normalized spacial score (nSPS) is 16.5. The van der Waals surface area contributed by atoms with Crippen molar-refractivity contribution in [3.63, 3.8) is 0 Å². The van der Waals surface area contributed by atoms with Crippen LogP contribution in [0.4, 0.5) is 0 Å². The fraction of sp³-hybridized carbons (Fsp3) is 0. The second-order valence-electron chi connectivity index (χ2n) is 10.8. The molecule has 2 aromatic heterocycles. The summed E-state index contributed by atoms with van der Waals surface area (Å²) in [5.41, 5.74) is 0.854. The van der Waals surface area contributed by atoms with Crippen LogP contribution in [0.1, 0.15) is 20.6 Å². The molecule has 0 radical (unpaired) electrons. The molecule has 8 aromatic carbocycles. The molecule has 0 aliphatic heterocycles. The van der Waals surface area contributed by atoms with Gasteiger partial charge in [-0.05, 0) is 61.6 Å². The van der Waals surface area contributed by atoms with Crippen LogP contribution < -0.4 is 0 Å². The van der Waals surface area contributed by atoms with E-state index >= 15 is 0 Å². The summed E-state index contributed by atoms with van der Waals surface area (Å²) >= 11 is 0. The van der Waals surface area contributed by atoms with Crippen LogP contribution in [0, 0.1) is 0 Å². The van der Waals surface area contributed by atoms with Gasteiger partial charge in [-0.1, -0.05) is 139 Å². The van der Waals surface area contributed by atoms with Crippen molar-refractivity contribution in [3.05, 3.63) is 157 Å². The molecule has 2 heteroatoms. The smallest absolute Gasteiger partial charge is 0.147 e. The van der Waals surface area contributed by atoms with Gasteiger partial charge in [0.25, 0.3) is 0 Å². The maximum Gasteiger partial charge on any atom is 0.147 e. The van der Waals surface area contributed by atoms with Gasteiger partial charge in [0.2, 0.25) is 0 Å². The minimum absolute atomic E-state index is 0.0840. The third-order valence-electron chi connectivity index (χ3n) is 8.42. The highest BCUT2D eigenvalue weighted by Crippen LogP contribution is 2.52. The molecule has 0 saturated heterocycles. The number of fused-ring (bicyclic) bond motifs is 8. The minimum Gasteiger partial charge on any atom is -0.455 e. The van der Waals surface area contributed by atoms with Gasteiger partial charge in [0.1, 0.15) is 22.5 Å². The Bertz CT molecular complexity index is 3560. The summed E-state index contributed by atoms with van der Waals surface area (Å²) in [5, 5.41) is -0.380. The number of para-hydroxylation sites is 1. The van der Waals surface area contributed by atoms with Crippen molar-refractivity contribution in [2.24, 2.45) is 0 Å². The fourth-order valence-electron chi connectivity index (χ4n) is 6.52. The highest BCUT2D eigenvalue weighted by Gasteiger charge is 2.27. The number of benzene rings is 8. The lowest BCUT2D eigenvalue weighted by Crippen LogP contribution is -1.92. The van der Waals surface area contributed by atoms with Gasteiger partial charge in [0.15, 0.2) is 0 Å². The van der Waals surface area contributed by atoms with E-state index in [2.05, 4.69) is 0 Å². The van der Waals surface area contributed by atoms with Crippen molar-refractivity contribution in [3.8, 4) is 33.6 Å². The number of rotatable bonds is 3. The van der Waals surface area contributed by atoms with E-state index in [-0.39, 0.29) is 44.0 Å². The van der Waals surface area contributed by atoms with Gasteiger partial charge < -0.3 is 8.83 Å². The van der Waals surface area contributed by atoms with Crippen LogP contribution in [-0.2, 0) is 0 Å². The zero-order valence-corrected chi connectivity index (χ0v) is 23.7. The number of furan rings is 2. The molecule has 10 aromatic rings. The highest BCUT2D eigenvalue weighted by atomic mass is 16.3. The van der Waals surface area contributed by atoms with Crippen molar-refractivity contribution in [2.75, 3.05) is 0 Å². The Labute approximate surface area is 285 Å². The zero-order chi connectivity index (χ0) is 43.2. The number of hydrogen-bond donors (Lipinski definition) is 0. The van der Waals surface area contributed by atoms with Crippen LogP contribution in [-0.4, -0.2) is 0 Å². The molecule has 10 rings (SSSR count). The van der Waals surface area contributed by atoms with E-state index in [1.807, 2.05) is 18.2 Å². The molecular formula is C44H26O2. The van der Waals surface area contributed by atoms with E-state index < -0.39 is 113 Å².